The topological polar surface area (TPSA) is 59.8 Å². The zero-order chi connectivity index (χ0) is 19.5. The van der Waals surface area contributed by atoms with Gasteiger partial charge in [0.25, 0.3) is 5.91 Å². The minimum Gasteiger partial charge on any atom is -0.351 e. The fourth-order valence-electron chi connectivity index (χ4n) is 3.03. The molecule has 0 saturated carbocycles. The Morgan fingerprint density at radius 1 is 1.21 bits per heavy atom. The number of aryl methyl sites for hydroxylation is 1. The lowest BCUT2D eigenvalue weighted by molar-refractivity contribution is 0.0958. The number of rotatable bonds is 6. The number of fused-ring (bicyclic) bond motifs is 1. The molecule has 142 valence electrons. The van der Waals surface area contributed by atoms with E-state index in [2.05, 4.69) is 15.4 Å². The molecule has 28 heavy (non-hydrogen) atoms. The fraction of sp³-hybridized carbons (Fsp3) is 0.190. The first-order valence-corrected chi connectivity index (χ1v) is 9.81. The van der Waals surface area contributed by atoms with Gasteiger partial charge in [-0.15, -0.1) is 11.3 Å². The van der Waals surface area contributed by atoms with Crippen molar-refractivity contribution in [3.63, 3.8) is 0 Å². The highest BCUT2D eigenvalue weighted by molar-refractivity contribution is 7.20. The normalized spacial score (nSPS) is 11.1. The Balaban J connectivity index is 1.47. The van der Waals surface area contributed by atoms with E-state index in [1.807, 2.05) is 35.9 Å². The van der Waals surface area contributed by atoms with Crippen molar-refractivity contribution < 1.29 is 9.18 Å². The fourth-order valence-corrected chi connectivity index (χ4v) is 4.11. The van der Waals surface area contributed by atoms with Crippen LogP contribution < -0.4 is 5.32 Å². The average molecular weight is 394 g/mol. The second kappa shape index (κ2) is 7.90. The standard InChI is InChI=1S/C21H19FN4OS/c1-14-18-12-19(20(27)24-11-9-17-4-2-3-10-23-17)28-21(18)26(25-14)13-15-5-7-16(22)8-6-15/h2-8,10,12H,9,11,13H2,1H3,(H,24,27). The van der Waals surface area contributed by atoms with E-state index in [4.69, 9.17) is 0 Å². The van der Waals surface area contributed by atoms with Crippen molar-refractivity contribution in [1.82, 2.24) is 20.1 Å². The first-order valence-electron chi connectivity index (χ1n) is 8.99. The van der Waals surface area contributed by atoms with Crippen LogP contribution in [-0.2, 0) is 13.0 Å². The van der Waals surface area contributed by atoms with Gasteiger partial charge in [0.2, 0.25) is 0 Å². The van der Waals surface area contributed by atoms with E-state index in [-0.39, 0.29) is 11.7 Å². The van der Waals surface area contributed by atoms with Gasteiger partial charge in [-0.3, -0.25) is 14.5 Å². The molecule has 4 aromatic rings. The number of hydrogen-bond donors (Lipinski definition) is 1. The zero-order valence-corrected chi connectivity index (χ0v) is 16.2. The van der Waals surface area contributed by atoms with Gasteiger partial charge in [0.05, 0.1) is 17.1 Å². The summed E-state index contributed by atoms with van der Waals surface area (Å²) in [5, 5.41) is 8.49. The molecule has 5 nitrogen and oxygen atoms in total. The largest absolute Gasteiger partial charge is 0.351 e. The first-order chi connectivity index (χ1) is 13.6. The molecule has 3 aromatic heterocycles. The van der Waals surface area contributed by atoms with Crippen LogP contribution in [0.4, 0.5) is 4.39 Å². The lowest BCUT2D eigenvalue weighted by Crippen LogP contribution is -2.25. The summed E-state index contributed by atoms with van der Waals surface area (Å²) in [6.45, 7) is 3.00. The van der Waals surface area contributed by atoms with E-state index in [0.717, 1.165) is 27.2 Å². The average Bonchev–Trinajstić information content (AvgIpc) is 3.26. The Morgan fingerprint density at radius 3 is 2.79 bits per heavy atom. The van der Waals surface area contributed by atoms with Crippen molar-refractivity contribution in [2.45, 2.75) is 19.9 Å². The Labute approximate surface area is 165 Å². The smallest absolute Gasteiger partial charge is 0.261 e. The molecule has 0 atom stereocenters. The Kier molecular flexibility index (Phi) is 5.16. The lowest BCUT2D eigenvalue weighted by atomic mass is 10.2. The van der Waals surface area contributed by atoms with Gasteiger partial charge in [0.1, 0.15) is 10.6 Å². The van der Waals surface area contributed by atoms with Gasteiger partial charge in [-0.25, -0.2) is 4.39 Å². The summed E-state index contributed by atoms with van der Waals surface area (Å²) in [5.74, 6) is -0.351. The van der Waals surface area contributed by atoms with Gasteiger partial charge in [0, 0.05) is 30.2 Å². The highest BCUT2D eigenvalue weighted by Gasteiger charge is 2.16. The van der Waals surface area contributed by atoms with Gasteiger partial charge >= 0.3 is 0 Å². The summed E-state index contributed by atoms with van der Waals surface area (Å²) in [5.41, 5.74) is 2.78. The number of thiophene rings is 1. The van der Waals surface area contributed by atoms with Crippen LogP contribution in [0.25, 0.3) is 10.2 Å². The number of carbonyl (C=O) groups excluding carboxylic acids is 1. The molecule has 1 N–H and O–H groups in total. The molecule has 0 aliphatic rings. The van der Waals surface area contributed by atoms with E-state index in [0.29, 0.717) is 24.4 Å². The van der Waals surface area contributed by atoms with Gasteiger partial charge in [0.15, 0.2) is 0 Å². The molecule has 0 fully saturated rings. The predicted molar refractivity (Wildman–Crippen MR) is 108 cm³/mol. The summed E-state index contributed by atoms with van der Waals surface area (Å²) in [6, 6.07) is 14.0. The molecule has 0 spiro atoms. The number of nitrogens with one attached hydrogen (secondary N) is 1. The van der Waals surface area contributed by atoms with Crippen LogP contribution in [0.15, 0.2) is 54.7 Å². The maximum Gasteiger partial charge on any atom is 0.261 e. The first kappa shape index (κ1) is 18.3. The van der Waals surface area contributed by atoms with E-state index < -0.39 is 0 Å². The molecule has 0 aliphatic heterocycles. The van der Waals surface area contributed by atoms with Gasteiger partial charge in [-0.1, -0.05) is 18.2 Å². The van der Waals surface area contributed by atoms with Crippen LogP contribution in [0.1, 0.15) is 26.6 Å². The van der Waals surface area contributed by atoms with Crippen molar-refractivity contribution in [2.75, 3.05) is 6.54 Å². The van der Waals surface area contributed by atoms with Crippen LogP contribution in [0.5, 0.6) is 0 Å². The third-order valence-corrected chi connectivity index (χ3v) is 5.62. The van der Waals surface area contributed by atoms with Crippen molar-refractivity contribution in [2.24, 2.45) is 0 Å². The molecule has 7 heteroatoms. The van der Waals surface area contributed by atoms with Gasteiger partial charge in [-0.05, 0) is 42.8 Å². The van der Waals surface area contributed by atoms with Crippen LogP contribution in [-0.4, -0.2) is 27.2 Å². The molecule has 3 heterocycles. The van der Waals surface area contributed by atoms with Gasteiger partial charge < -0.3 is 5.32 Å². The SMILES string of the molecule is Cc1nn(Cc2ccc(F)cc2)c2sc(C(=O)NCCc3ccccn3)cc12. The summed E-state index contributed by atoms with van der Waals surface area (Å²) in [6.07, 6.45) is 2.44. The van der Waals surface area contributed by atoms with Crippen molar-refractivity contribution in [3.05, 3.63) is 82.4 Å². The quantitative estimate of drug-likeness (QED) is 0.538. The second-order valence-corrected chi connectivity index (χ2v) is 7.56. The molecule has 0 bridgehead atoms. The van der Waals surface area contributed by atoms with Crippen molar-refractivity contribution in [1.29, 1.82) is 0 Å². The number of pyridine rings is 1. The third kappa shape index (κ3) is 3.94. The van der Waals surface area contributed by atoms with Crippen LogP contribution in [0, 0.1) is 12.7 Å². The number of amides is 1. The molecule has 1 amide bonds. The molecular formula is C21H19FN4OS. The summed E-state index contributed by atoms with van der Waals surface area (Å²) < 4.78 is 15.0. The Hall–Kier alpha value is -3.06. The Morgan fingerprint density at radius 2 is 2.04 bits per heavy atom. The molecule has 0 unspecified atom stereocenters. The maximum absolute atomic E-state index is 13.1. The minimum absolute atomic E-state index is 0.0927. The Bertz CT molecular complexity index is 1100. The van der Waals surface area contributed by atoms with E-state index >= 15 is 0 Å². The van der Waals surface area contributed by atoms with Crippen LogP contribution >= 0.6 is 11.3 Å². The maximum atomic E-state index is 13.1. The van der Waals surface area contributed by atoms with Crippen LogP contribution in [0.3, 0.4) is 0 Å². The number of benzene rings is 1. The molecule has 0 radical (unpaired) electrons. The summed E-state index contributed by atoms with van der Waals surface area (Å²) in [7, 11) is 0. The van der Waals surface area contributed by atoms with Crippen molar-refractivity contribution >= 4 is 27.5 Å². The number of carbonyl (C=O) groups is 1. The predicted octanol–water partition coefficient (Wildman–Crippen LogP) is 3.96. The van der Waals surface area contributed by atoms with E-state index in [1.165, 1.54) is 23.5 Å². The highest BCUT2D eigenvalue weighted by Crippen LogP contribution is 2.28. The van der Waals surface area contributed by atoms with Crippen LogP contribution in [0.2, 0.25) is 0 Å². The summed E-state index contributed by atoms with van der Waals surface area (Å²) in [4.78, 5) is 18.4. The number of aromatic nitrogens is 3. The lowest BCUT2D eigenvalue weighted by Gasteiger charge is -2.04. The molecule has 0 saturated heterocycles. The number of halogens is 1. The monoisotopic (exact) mass is 394 g/mol. The van der Waals surface area contributed by atoms with Crippen molar-refractivity contribution in [3.8, 4) is 0 Å². The van der Waals surface area contributed by atoms with Gasteiger partial charge in [-0.2, -0.15) is 5.10 Å². The number of nitrogens with zero attached hydrogens (tertiary/aromatic N) is 3. The molecular weight excluding hydrogens is 375 g/mol. The highest BCUT2D eigenvalue weighted by atomic mass is 32.1. The number of hydrogen-bond acceptors (Lipinski definition) is 4. The summed E-state index contributed by atoms with van der Waals surface area (Å²) >= 11 is 1.42. The van der Waals surface area contributed by atoms with E-state index in [1.54, 1.807) is 18.3 Å². The molecule has 1 aromatic carbocycles. The molecule has 0 aliphatic carbocycles. The minimum atomic E-state index is -0.258. The zero-order valence-electron chi connectivity index (χ0n) is 15.4. The molecule has 4 rings (SSSR count). The second-order valence-electron chi connectivity index (χ2n) is 6.53. The van der Waals surface area contributed by atoms with E-state index in [9.17, 15) is 9.18 Å². The third-order valence-electron chi connectivity index (χ3n) is 4.47.